The van der Waals surface area contributed by atoms with Gasteiger partial charge in [-0.3, -0.25) is 4.79 Å². The molecule has 0 fully saturated rings. The molecule has 0 saturated heterocycles. The highest BCUT2D eigenvalue weighted by Crippen LogP contribution is 2.19. The Labute approximate surface area is 132 Å². The molecule has 0 unspecified atom stereocenters. The molecule has 0 radical (unpaired) electrons. The predicted octanol–water partition coefficient (Wildman–Crippen LogP) is 2.39. The number of nitrogens with one attached hydrogen (secondary N) is 1. The molecular weight excluding hydrogens is 280 g/mol. The maximum absolute atomic E-state index is 11.3. The Morgan fingerprint density at radius 2 is 2.18 bits per heavy atom. The van der Waals surface area contributed by atoms with Crippen molar-refractivity contribution in [2.45, 2.75) is 77.9 Å². The number of aromatic nitrogens is 3. The van der Waals surface area contributed by atoms with Crippen molar-refractivity contribution in [3.63, 3.8) is 0 Å². The minimum atomic E-state index is -0.103. The monoisotopic (exact) mass is 308 g/mol. The zero-order chi connectivity index (χ0) is 15.9. The summed E-state index contributed by atoms with van der Waals surface area (Å²) in [5.74, 6) is 2.05. The highest BCUT2D eigenvalue weighted by molar-refractivity contribution is 5.69. The molecule has 0 aliphatic carbocycles. The van der Waals surface area contributed by atoms with Crippen LogP contribution in [0, 0.1) is 0 Å². The first kappa shape index (κ1) is 16.9. The third-order valence-corrected chi connectivity index (χ3v) is 4.13. The molecule has 2 rings (SSSR count). The maximum Gasteiger partial charge on any atom is 0.305 e. The lowest BCUT2D eigenvalue weighted by molar-refractivity contribution is -0.143. The fourth-order valence-corrected chi connectivity index (χ4v) is 3.02. The molecule has 0 spiro atoms. The van der Waals surface area contributed by atoms with Gasteiger partial charge in [-0.15, -0.1) is 10.2 Å². The molecule has 6 nitrogen and oxygen atoms in total. The topological polar surface area (TPSA) is 69.0 Å². The van der Waals surface area contributed by atoms with Crippen LogP contribution in [0.2, 0.25) is 0 Å². The highest BCUT2D eigenvalue weighted by Gasteiger charge is 2.20. The highest BCUT2D eigenvalue weighted by atomic mass is 16.5. The number of carbonyl (C=O) groups excluding carboxylic acids is 1. The van der Waals surface area contributed by atoms with Crippen LogP contribution in [0.5, 0.6) is 0 Å². The van der Waals surface area contributed by atoms with Crippen molar-refractivity contribution in [1.29, 1.82) is 0 Å². The molecule has 0 aromatic carbocycles. The summed E-state index contributed by atoms with van der Waals surface area (Å²) in [6, 6.07) is 0.512. The van der Waals surface area contributed by atoms with Gasteiger partial charge in [0.25, 0.3) is 0 Å². The van der Waals surface area contributed by atoms with Crippen molar-refractivity contribution in [2.75, 3.05) is 6.61 Å². The molecule has 2 atom stereocenters. The lowest BCUT2D eigenvalue weighted by Crippen LogP contribution is -2.31. The van der Waals surface area contributed by atoms with Gasteiger partial charge in [-0.1, -0.05) is 0 Å². The van der Waals surface area contributed by atoms with E-state index >= 15 is 0 Å². The Kier molecular flexibility index (Phi) is 6.36. The van der Waals surface area contributed by atoms with Crippen molar-refractivity contribution in [2.24, 2.45) is 0 Å². The minimum Gasteiger partial charge on any atom is -0.466 e. The van der Waals surface area contributed by atoms with Gasteiger partial charge in [-0.2, -0.15) is 0 Å². The lowest BCUT2D eigenvalue weighted by Gasteiger charge is -2.22. The number of aryl methyl sites for hydroxylation is 1. The fraction of sp³-hybridized carbons (Fsp3) is 0.812. The third-order valence-electron chi connectivity index (χ3n) is 4.13. The Hall–Kier alpha value is -1.43. The van der Waals surface area contributed by atoms with E-state index in [1.165, 1.54) is 12.8 Å². The van der Waals surface area contributed by atoms with Crippen LogP contribution in [-0.2, 0) is 22.5 Å². The van der Waals surface area contributed by atoms with Gasteiger partial charge in [-0.25, -0.2) is 0 Å². The number of nitrogens with zero attached hydrogens (tertiary/aromatic N) is 3. The summed E-state index contributed by atoms with van der Waals surface area (Å²) in [5.41, 5.74) is 0. The van der Waals surface area contributed by atoms with Crippen LogP contribution in [0.4, 0.5) is 0 Å². The normalized spacial score (nSPS) is 16.9. The van der Waals surface area contributed by atoms with Gasteiger partial charge >= 0.3 is 5.97 Å². The molecule has 124 valence electrons. The van der Waals surface area contributed by atoms with Crippen LogP contribution < -0.4 is 5.32 Å². The SMILES string of the molecule is CCOC(=O)CCC[C@H](C)N[C@@H](C)c1nnc2n1CCCC2. The number of carbonyl (C=O) groups is 1. The van der Waals surface area contributed by atoms with E-state index in [2.05, 4.69) is 33.9 Å². The van der Waals surface area contributed by atoms with Crippen molar-refractivity contribution in [3.8, 4) is 0 Å². The van der Waals surface area contributed by atoms with E-state index in [-0.39, 0.29) is 12.0 Å². The Morgan fingerprint density at radius 3 is 2.95 bits per heavy atom. The molecule has 1 N–H and O–H groups in total. The molecule has 1 aliphatic heterocycles. The third kappa shape index (κ3) is 4.53. The molecule has 2 heterocycles. The average Bonchev–Trinajstić information content (AvgIpc) is 2.91. The van der Waals surface area contributed by atoms with Gasteiger partial charge in [0.15, 0.2) is 0 Å². The number of fused-ring (bicyclic) bond motifs is 1. The van der Waals surface area contributed by atoms with Gasteiger partial charge in [0.1, 0.15) is 11.6 Å². The van der Waals surface area contributed by atoms with Gasteiger partial charge in [0.05, 0.1) is 12.6 Å². The van der Waals surface area contributed by atoms with Crippen molar-refractivity contribution >= 4 is 5.97 Å². The second-order valence-corrected chi connectivity index (χ2v) is 6.07. The van der Waals surface area contributed by atoms with Crippen LogP contribution in [0.3, 0.4) is 0 Å². The summed E-state index contributed by atoms with van der Waals surface area (Å²) < 4.78 is 7.20. The first-order chi connectivity index (χ1) is 10.6. The summed E-state index contributed by atoms with van der Waals surface area (Å²) in [7, 11) is 0. The van der Waals surface area contributed by atoms with E-state index < -0.39 is 0 Å². The van der Waals surface area contributed by atoms with E-state index in [1.54, 1.807) is 0 Å². The van der Waals surface area contributed by atoms with Gasteiger partial charge in [0, 0.05) is 25.4 Å². The molecule has 0 saturated carbocycles. The summed E-state index contributed by atoms with van der Waals surface area (Å²) >= 11 is 0. The quantitative estimate of drug-likeness (QED) is 0.747. The number of hydrogen-bond acceptors (Lipinski definition) is 5. The van der Waals surface area contributed by atoms with Crippen molar-refractivity contribution < 1.29 is 9.53 Å². The largest absolute Gasteiger partial charge is 0.466 e. The predicted molar refractivity (Wildman–Crippen MR) is 84.5 cm³/mol. The van der Waals surface area contributed by atoms with E-state index in [0.29, 0.717) is 19.1 Å². The second-order valence-electron chi connectivity index (χ2n) is 6.07. The fourth-order valence-electron chi connectivity index (χ4n) is 3.02. The van der Waals surface area contributed by atoms with Gasteiger partial charge < -0.3 is 14.6 Å². The van der Waals surface area contributed by atoms with E-state index in [0.717, 1.165) is 37.5 Å². The molecule has 1 aromatic heterocycles. The summed E-state index contributed by atoms with van der Waals surface area (Å²) in [5, 5.41) is 12.2. The van der Waals surface area contributed by atoms with Crippen LogP contribution in [0.1, 0.15) is 70.6 Å². The molecule has 6 heteroatoms. The zero-order valence-electron chi connectivity index (χ0n) is 14.0. The first-order valence-corrected chi connectivity index (χ1v) is 8.45. The van der Waals surface area contributed by atoms with E-state index in [4.69, 9.17) is 4.74 Å². The average molecular weight is 308 g/mol. The van der Waals surface area contributed by atoms with Crippen molar-refractivity contribution in [3.05, 3.63) is 11.6 Å². The standard InChI is InChI=1S/C16H28N4O2/c1-4-22-15(21)10-7-8-12(2)17-13(3)16-19-18-14-9-5-6-11-20(14)16/h12-13,17H,4-11H2,1-3H3/t12-,13-/m0/s1. The number of hydrogen-bond donors (Lipinski definition) is 1. The van der Waals surface area contributed by atoms with Crippen LogP contribution in [-0.4, -0.2) is 33.4 Å². The molecule has 1 aliphatic rings. The molecule has 0 amide bonds. The molecular formula is C16H28N4O2. The van der Waals surface area contributed by atoms with Gasteiger partial charge in [0.2, 0.25) is 0 Å². The second kappa shape index (κ2) is 8.27. The smallest absolute Gasteiger partial charge is 0.305 e. The van der Waals surface area contributed by atoms with Crippen molar-refractivity contribution in [1.82, 2.24) is 20.1 Å². The summed E-state index contributed by atoms with van der Waals surface area (Å²) in [4.78, 5) is 11.3. The molecule has 22 heavy (non-hydrogen) atoms. The van der Waals surface area contributed by atoms with E-state index in [1.807, 2.05) is 6.92 Å². The zero-order valence-corrected chi connectivity index (χ0v) is 14.0. The summed E-state index contributed by atoms with van der Waals surface area (Å²) in [6.45, 7) is 7.61. The lowest BCUT2D eigenvalue weighted by atomic mass is 10.1. The number of esters is 1. The Balaban J connectivity index is 1.77. The first-order valence-electron chi connectivity index (χ1n) is 8.45. The van der Waals surface area contributed by atoms with Crippen LogP contribution >= 0.6 is 0 Å². The molecule has 0 bridgehead atoms. The maximum atomic E-state index is 11.3. The molecule has 1 aromatic rings. The Bertz CT molecular complexity index is 486. The number of rotatable bonds is 8. The van der Waals surface area contributed by atoms with Gasteiger partial charge in [-0.05, 0) is 46.5 Å². The Morgan fingerprint density at radius 1 is 1.36 bits per heavy atom. The van der Waals surface area contributed by atoms with E-state index in [9.17, 15) is 4.79 Å². The van der Waals surface area contributed by atoms with Crippen LogP contribution in [0.25, 0.3) is 0 Å². The number of ether oxygens (including phenoxy) is 1. The minimum absolute atomic E-state index is 0.103. The van der Waals surface area contributed by atoms with Crippen LogP contribution in [0.15, 0.2) is 0 Å². The summed E-state index contributed by atoms with van der Waals surface area (Å²) in [6.07, 6.45) is 5.75.